The van der Waals surface area contributed by atoms with Gasteiger partial charge in [-0.1, -0.05) is 48.0 Å². The van der Waals surface area contributed by atoms with Crippen molar-refractivity contribution < 1.29 is 14.3 Å². The molecule has 39 heavy (non-hydrogen) atoms. The van der Waals surface area contributed by atoms with Gasteiger partial charge in [-0.15, -0.1) is 0 Å². The monoisotopic (exact) mass is 556 g/mol. The molecule has 1 aromatic heterocycles. The highest BCUT2D eigenvalue weighted by Gasteiger charge is 2.28. The van der Waals surface area contributed by atoms with Crippen LogP contribution in [0.2, 0.25) is 5.02 Å². The maximum atomic E-state index is 12.8. The zero-order valence-corrected chi connectivity index (χ0v) is 22.6. The fourth-order valence-corrected chi connectivity index (χ4v) is 5.49. The van der Waals surface area contributed by atoms with Gasteiger partial charge in [0.2, 0.25) is 0 Å². The van der Waals surface area contributed by atoms with Crippen molar-refractivity contribution in [3.63, 3.8) is 0 Å². The molecule has 6 rings (SSSR count). The second kappa shape index (κ2) is 11.5. The smallest absolute Gasteiger partial charge is 0.286 e. The van der Waals surface area contributed by atoms with Crippen molar-refractivity contribution in [2.45, 2.75) is 6.61 Å². The fourth-order valence-electron chi connectivity index (χ4n) is 4.34. The van der Waals surface area contributed by atoms with Crippen LogP contribution in [0, 0.1) is 0 Å². The van der Waals surface area contributed by atoms with E-state index in [0.717, 1.165) is 52.1 Å². The van der Waals surface area contributed by atoms with E-state index in [4.69, 9.17) is 26.2 Å². The zero-order valence-electron chi connectivity index (χ0n) is 21.0. The molecule has 0 radical (unpaired) electrons. The number of carbonyl (C=O) groups excluding carboxylic acids is 1. The maximum absolute atomic E-state index is 12.8. The maximum Gasteiger partial charge on any atom is 0.286 e. The van der Waals surface area contributed by atoms with Gasteiger partial charge in [-0.3, -0.25) is 4.79 Å². The number of aromatic nitrogens is 2. The van der Waals surface area contributed by atoms with Crippen LogP contribution in [0.15, 0.2) is 95.0 Å². The predicted molar refractivity (Wildman–Crippen MR) is 155 cm³/mol. The van der Waals surface area contributed by atoms with E-state index < -0.39 is 0 Å². The van der Waals surface area contributed by atoms with E-state index in [-0.39, 0.29) is 5.91 Å². The topological polar surface area (TPSA) is 69.0 Å². The first-order chi connectivity index (χ1) is 19.1. The number of hydrogen-bond donors (Lipinski definition) is 0. The quantitative estimate of drug-likeness (QED) is 0.268. The van der Waals surface area contributed by atoms with Gasteiger partial charge in [0, 0.05) is 41.0 Å². The van der Waals surface area contributed by atoms with Crippen molar-refractivity contribution >= 4 is 40.5 Å². The van der Waals surface area contributed by atoms with Crippen LogP contribution in [0.1, 0.15) is 11.1 Å². The van der Waals surface area contributed by atoms with E-state index in [0.29, 0.717) is 29.7 Å². The van der Waals surface area contributed by atoms with Crippen LogP contribution in [0.25, 0.3) is 23.0 Å². The number of para-hydroxylation sites is 1. The molecule has 0 unspecified atom stereocenters. The number of ether oxygens (including phenoxy) is 2. The SMILES string of the molecule is O=C1N=C(N2CCOCC2)S/C1=C\c1cn(-c2ccccc2)nc1-c1ccc(OCc2ccccc2Cl)cc1. The Balaban J connectivity index is 1.27. The number of halogens is 1. The summed E-state index contributed by atoms with van der Waals surface area (Å²) in [6.45, 7) is 3.12. The normalized spacial score (nSPS) is 16.5. The summed E-state index contributed by atoms with van der Waals surface area (Å²) < 4.78 is 13.2. The minimum Gasteiger partial charge on any atom is -0.489 e. The van der Waals surface area contributed by atoms with Crippen molar-refractivity contribution in [1.29, 1.82) is 0 Å². The third kappa shape index (κ3) is 5.78. The Bertz CT molecular complexity index is 1540. The molecule has 0 bridgehead atoms. The Morgan fingerprint density at radius 3 is 2.49 bits per heavy atom. The first-order valence-corrected chi connectivity index (χ1v) is 13.8. The number of benzene rings is 3. The molecule has 7 nitrogen and oxygen atoms in total. The number of morpholine rings is 1. The molecule has 0 N–H and O–H groups in total. The van der Waals surface area contributed by atoms with Crippen LogP contribution in [0.4, 0.5) is 0 Å². The molecule has 3 aromatic carbocycles. The van der Waals surface area contributed by atoms with Gasteiger partial charge in [0.1, 0.15) is 12.4 Å². The molecular weight excluding hydrogens is 532 g/mol. The Morgan fingerprint density at radius 2 is 1.72 bits per heavy atom. The van der Waals surface area contributed by atoms with Crippen LogP contribution < -0.4 is 4.74 Å². The lowest BCUT2D eigenvalue weighted by Gasteiger charge is -2.27. The molecule has 0 saturated carbocycles. The molecule has 3 heterocycles. The Hall–Kier alpha value is -3.85. The van der Waals surface area contributed by atoms with E-state index >= 15 is 0 Å². The number of aliphatic imine (C=N–C) groups is 1. The number of amidine groups is 1. The second-order valence-electron chi connectivity index (χ2n) is 9.03. The van der Waals surface area contributed by atoms with Crippen molar-refractivity contribution in [1.82, 2.24) is 14.7 Å². The third-order valence-electron chi connectivity index (χ3n) is 6.42. The van der Waals surface area contributed by atoms with Gasteiger partial charge in [0.05, 0.1) is 29.5 Å². The average molecular weight is 557 g/mol. The molecule has 1 fully saturated rings. The summed E-state index contributed by atoms with van der Waals surface area (Å²) in [5.74, 6) is 0.495. The van der Waals surface area contributed by atoms with Crippen LogP contribution >= 0.6 is 23.4 Å². The van der Waals surface area contributed by atoms with Crippen LogP contribution in [-0.4, -0.2) is 52.1 Å². The van der Waals surface area contributed by atoms with Gasteiger partial charge < -0.3 is 14.4 Å². The van der Waals surface area contributed by atoms with Crippen LogP contribution in [0.5, 0.6) is 5.75 Å². The highest BCUT2D eigenvalue weighted by Crippen LogP contribution is 2.34. The second-order valence-corrected chi connectivity index (χ2v) is 10.4. The van der Waals surface area contributed by atoms with Gasteiger partial charge in [-0.25, -0.2) is 4.68 Å². The predicted octanol–water partition coefficient (Wildman–Crippen LogP) is 6.07. The van der Waals surface area contributed by atoms with Gasteiger partial charge in [0.25, 0.3) is 5.91 Å². The number of amides is 1. The summed E-state index contributed by atoms with van der Waals surface area (Å²) in [6, 6.07) is 25.3. The first kappa shape index (κ1) is 25.4. The summed E-state index contributed by atoms with van der Waals surface area (Å²) in [5.41, 5.74) is 4.36. The molecule has 9 heteroatoms. The molecule has 2 aliphatic rings. The highest BCUT2D eigenvalue weighted by atomic mass is 35.5. The lowest BCUT2D eigenvalue weighted by atomic mass is 10.1. The summed E-state index contributed by atoms with van der Waals surface area (Å²) >= 11 is 7.66. The third-order valence-corrected chi connectivity index (χ3v) is 7.83. The van der Waals surface area contributed by atoms with Gasteiger partial charge >= 0.3 is 0 Å². The number of nitrogens with zero attached hydrogens (tertiary/aromatic N) is 4. The van der Waals surface area contributed by atoms with Crippen LogP contribution in [0.3, 0.4) is 0 Å². The zero-order chi connectivity index (χ0) is 26.6. The number of thioether (sulfide) groups is 1. The number of carbonyl (C=O) groups is 1. The summed E-state index contributed by atoms with van der Waals surface area (Å²) in [6.07, 6.45) is 3.83. The van der Waals surface area contributed by atoms with Crippen molar-refractivity contribution in [2.24, 2.45) is 4.99 Å². The summed E-state index contributed by atoms with van der Waals surface area (Å²) in [7, 11) is 0. The molecule has 2 aliphatic heterocycles. The van der Waals surface area contributed by atoms with E-state index in [9.17, 15) is 4.79 Å². The standard InChI is InChI=1S/C30H25ClN4O3S/c31-26-9-5-4-6-22(26)20-38-25-12-10-21(11-13-25)28-23(19-35(33-28)24-7-2-1-3-8-24)18-27-29(36)32-30(39-27)34-14-16-37-17-15-34/h1-13,18-19H,14-17,20H2/b27-18-. The Morgan fingerprint density at radius 1 is 0.974 bits per heavy atom. The molecular formula is C30H25ClN4O3S. The lowest BCUT2D eigenvalue weighted by molar-refractivity contribution is -0.113. The van der Waals surface area contributed by atoms with Crippen molar-refractivity contribution in [3.8, 4) is 22.7 Å². The first-order valence-electron chi connectivity index (χ1n) is 12.6. The number of hydrogen-bond acceptors (Lipinski definition) is 6. The summed E-state index contributed by atoms with van der Waals surface area (Å²) in [5, 5.41) is 6.30. The highest BCUT2D eigenvalue weighted by molar-refractivity contribution is 8.18. The summed E-state index contributed by atoms with van der Waals surface area (Å²) in [4.78, 5) is 19.8. The minimum atomic E-state index is -0.233. The van der Waals surface area contributed by atoms with Gasteiger partial charge in [0.15, 0.2) is 5.17 Å². The molecule has 0 atom stereocenters. The Kier molecular flexibility index (Phi) is 7.49. The van der Waals surface area contributed by atoms with Crippen molar-refractivity contribution in [3.05, 3.63) is 106 Å². The van der Waals surface area contributed by atoms with E-state index in [1.165, 1.54) is 11.8 Å². The lowest BCUT2D eigenvalue weighted by Crippen LogP contribution is -2.38. The molecule has 0 spiro atoms. The van der Waals surface area contributed by atoms with E-state index in [1.54, 1.807) is 0 Å². The fraction of sp³-hybridized carbons (Fsp3) is 0.167. The molecule has 0 aliphatic carbocycles. The average Bonchev–Trinajstić information content (AvgIpc) is 3.57. The minimum absolute atomic E-state index is 0.233. The Labute approximate surface area is 235 Å². The molecule has 1 saturated heterocycles. The molecule has 4 aromatic rings. The van der Waals surface area contributed by atoms with Crippen LogP contribution in [-0.2, 0) is 16.1 Å². The van der Waals surface area contributed by atoms with E-state index in [1.807, 2.05) is 95.8 Å². The largest absolute Gasteiger partial charge is 0.489 e. The van der Waals surface area contributed by atoms with Gasteiger partial charge in [-0.2, -0.15) is 10.1 Å². The van der Waals surface area contributed by atoms with Crippen molar-refractivity contribution in [2.75, 3.05) is 26.3 Å². The molecule has 1 amide bonds. The molecule has 196 valence electrons. The van der Waals surface area contributed by atoms with E-state index in [2.05, 4.69) is 9.89 Å². The number of rotatable bonds is 6. The van der Waals surface area contributed by atoms with Gasteiger partial charge in [-0.05, 0) is 60.3 Å².